The highest BCUT2D eigenvalue weighted by Crippen LogP contribution is 2.19. The molecule has 1 aromatic heterocycles. The molecule has 0 saturated carbocycles. The summed E-state index contributed by atoms with van der Waals surface area (Å²) in [5.74, 6) is 0.209. The van der Waals surface area contributed by atoms with Gasteiger partial charge in [0.1, 0.15) is 5.58 Å². The van der Waals surface area contributed by atoms with Crippen LogP contribution in [0.3, 0.4) is 0 Å². The molecule has 0 unspecified atom stereocenters. The maximum Gasteiger partial charge on any atom is 0.236 e. The fourth-order valence-electron chi connectivity index (χ4n) is 2.01. The second-order valence-electron chi connectivity index (χ2n) is 5.16. The predicted molar refractivity (Wildman–Crippen MR) is 81.4 cm³/mol. The molecule has 2 rings (SSSR count). The average molecular weight is 288 g/mol. The fourth-order valence-corrected chi connectivity index (χ4v) is 2.01. The molecule has 5 nitrogen and oxygen atoms in total. The van der Waals surface area contributed by atoms with Gasteiger partial charge in [0.2, 0.25) is 11.7 Å². The molecule has 0 aliphatic heterocycles. The van der Waals surface area contributed by atoms with Gasteiger partial charge in [-0.15, -0.1) is 0 Å². The van der Waals surface area contributed by atoms with Crippen LogP contribution in [0.4, 0.5) is 0 Å². The Morgan fingerprint density at radius 3 is 2.48 bits per heavy atom. The molecule has 1 aromatic carbocycles. The second kappa shape index (κ2) is 6.54. The van der Waals surface area contributed by atoms with Crippen LogP contribution in [-0.4, -0.2) is 55.2 Å². The third-order valence-electron chi connectivity index (χ3n) is 3.37. The predicted octanol–water partition coefficient (Wildman–Crippen LogP) is 2.03. The van der Waals surface area contributed by atoms with Gasteiger partial charge in [-0.1, -0.05) is 25.1 Å². The number of carbonyl (C=O) groups is 2. The lowest BCUT2D eigenvalue weighted by atomic mass is 10.2. The van der Waals surface area contributed by atoms with Crippen LogP contribution in [0.15, 0.2) is 34.7 Å². The number of para-hydroxylation sites is 1. The Kier molecular flexibility index (Phi) is 4.75. The number of fused-ring (bicyclic) bond motifs is 1. The highest BCUT2D eigenvalue weighted by Gasteiger charge is 2.18. The average Bonchev–Trinajstić information content (AvgIpc) is 2.90. The molecule has 0 fully saturated rings. The lowest BCUT2D eigenvalue weighted by Crippen LogP contribution is -2.39. The molecule has 0 spiro atoms. The summed E-state index contributed by atoms with van der Waals surface area (Å²) < 4.78 is 5.56. The molecule has 0 atom stereocenters. The number of nitrogens with zero attached hydrogens (tertiary/aromatic N) is 2. The largest absolute Gasteiger partial charge is 0.453 e. The van der Waals surface area contributed by atoms with Gasteiger partial charge in [0, 0.05) is 19.5 Å². The van der Waals surface area contributed by atoms with Crippen LogP contribution >= 0.6 is 0 Å². The summed E-state index contributed by atoms with van der Waals surface area (Å²) in [7, 11) is 3.41. The molecular weight excluding hydrogens is 268 g/mol. The Balaban J connectivity index is 2.06. The minimum atomic E-state index is -0.111. The smallest absolute Gasteiger partial charge is 0.236 e. The zero-order valence-electron chi connectivity index (χ0n) is 12.6. The van der Waals surface area contributed by atoms with Gasteiger partial charge < -0.3 is 9.32 Å². The van der Waals surface area contributed by atoms with Crippen molar-refractivity contribution in [2.75, 3.05) is 33.7 Å². The zero-order valence-corrected chi connectivity index (χ0v) is 12.6. The van der Waals surface area contributed by atoms with Crippen molar-refractivity contribution in [3.63, 3.8) is 0 Å². The number of amides is 1. The first kappa shape index (κ1) is 15.3. The second-order valence-corrected chi connectivity index (χ2v) is 5.16. The van der Waals surface area contributed by atoms with Crippen molar-refractivity contribution < 1.29 is 14.0 Å². The van der Waals surface area contributed by atoms with E-state index < -0.39 is 0 Å². The molecule has 21 heavy (non-hydrogen) atoms. The van der Waals surface area contributed by atoms with E-state index in [-0.39, 0.29) is 24.8 Å². The Labute approximate surface area is 124 Å². The number of hydrogen-bond donors (Lipinski definition) is 0. The van der Waals surface area contributed by atoms with E-state index in [1.54, 1.807) is 25.1 Å². The molecule has 1 amide bonds. The van der Waals surface area contributed by atoms with E-state index in [0.29, 0.717) is 17.9 Å². The molecule has 0 aliphatic rings. The third-order valence-corrected chi connectivity index (χ3v) is 3.37. The first-order chi connectivity index (χ1) is 10.0. The van der Waals surface area contributed by atoms with Crippen LogP contribution in [0, 0.1) is 0 Å². The van der Waals surface area contributed by atoms with Crippen molar-refractivity contribution in [1.29, 1.82) is 0 Å². The van der Waals surface area contributed by atoms with E-state index in [1.807, 2.05) is 31.2 Å². The van der Waals surface area contributed by atoms with Crippen molar-refractivity contribution in [2.24, 2.45) is 0 Å². The molecule has 0 aliphatic carbocycles. The van der Waals surface area contributed by atoms with E-state index in [1.165, 1.54) is 4.90 Å². The van der Waals surface area contributed by atoms with Gasteiger partial charge in [-0.05, 0) is 18.7 Å². The molecule has 2 aromatic rings. The van der Waals surface area contributed by atoms with Crippen LogP contribution in [0.25, 0.3) is 11.0 Å². The molecule has 0 saturated heterocycles. The van der Waals surface area contributed by atoms with Crippen molar-refractivity contribution in [2.45, 2.75) is 6.92 Å². The summed E-state index contributed by atoms with van der Waals surface area (Å²) in [4.78, 5) is 27.3. The lowest BCUT2D eigenvalue weighted by Gasteiger charge is -2.20. The minimum Gasteiger partial charge on any atom is -0.453 e. The van der Waals surface area contributed by atoms with E-state index in [0.717, 1.165) is 5.39 Å². The van der Waals surface area contributed by atoms with Crippen LogP contribution in [0.1, 0.15) is 17.5 Å². The SMILES string of the molecule is CCN(CC(=O)c1cc2ccccc2o1)CC(=O)N(C)C. The van der Waals surface area contributed by atoms with E-state index in [2.05, 4.69) is 0 Å². The number of likely N-dealkylation sites (N-methyl/N-ethyl adjacent to an activating group) is 2. The molecule has 0 N–H and O–H groups in total. The van der Waals surface area contributed by atoms with Gasteiger partial charge >= 0.3 is 0 Å². The monoisotopic (exact) mass is 288 g/mol. The standard InChI is InChI=1S/C16H20N2O3/c1-4-18(11-16(20)17(2)3)10-13(19)15-9-12-7-5-6-8-14(12)21-15/h5-9H,4,10-11H2,1-3H3. The molecule has 0 bridgehead atoms. The first-order valence-corrected chi connectivity index (χ1v) is 6.95. The Hall–Kier alpha value is -2.14. The van der Waals surface area contributed by atoms with Gasteiger partial charge in [0.05, 0.1) is 13.1 Å². The Morgan fingerprint density at radius 1 is 1.14 bits per heavy atom. The fraction of sp³-hybridized carbons (Fsp3) is 0.375. The van der Waals surface area contributed by atoms with Gasteiger partial charge in [-0.2, -0.15) is 0 Å². The first-order valence-electron chi connectivity index (χ1n) is 6.95. The van der Waals surface area contributed by atoms with Crippen LogP contribution < -0.4 is 0 Å². The molecule has 0 radical (unpaired) electrons. The number of ketones is 1. The van der Waals surface area contributed by atoms with Crippen molar-refractivity contribution in [3.05, 3.63) is 36.1 Å². The van der Waals surface area contributed by atoms with E-state index in [4.69, 9.17) is 4.42 Å². The number of rotatable bonds is 6. The summed E-state index contributed by atoms with van der Waals surface area (Å²) in [5.41, 5.74) is 0.702. The maximum absolute atomic E-state index is 12.3. The quantitative estimate of drug-likeness (QED) is 0.763. The Bertz CT molecular complexity index is 613. The Morgan fingerprint density at radius 2 is 1.86 bits per heavy atom. The van der Waals surface area contributed by atoms with Crippen LogP contribution in [0.5, 0.6) is 0 Å². The van der Waals surface area contributed by atoms with Crippen molar-refractivity contribution in [1.82, 2.24) is 9.80 Å². The van der Waals surface area contributed by atoms with Crippen molar-refractivity contribution >= 4 is 22.7 Å². The van der Waals surface area contributed by atoms with Gasteiger partial charge in [-0.3, -0.25) is 14.5 Å². The van der Waals surface area contributed by atoms with Crippen LogP contribution in [-0.2, 0) is 4.79 Å². The summed E-state index contributed by atoms with van der Waals surface area (Å²) in [6.45, 7) is 2.96. The van der Waals surface area contributed by atoms with Crippen LogP contribution in [0.2, 0.25) is 0 Å². The van der Waals surface area contributed by atoms with Crippen molar-refractivity contribution in [3.8, 4) is 0 Å². The maximum atomic E-state index is 12.3. The number of furan rings is 1. The summed E-state index contributed by atoms with van der Waals surface area (Å²) in [6.07, 6.45) is 0. The summed E-state index contributed by atoms with van der Waals surface area (Å²) >= 11 is 0. The summed E-state index contributed by atoms with van der Waals surface area (Å²) in [6, 6.07) is 9.26. The molecular formula is C16H20N2O3. The number of benzene rings is 1. The lowest BCUT2D eigenvalue weighted by molar-refractivity contribution is -0.129. The number of carbonyl (C=O) groups excluding carboxylic acids is 2. The normalized spacial score (nSPS) is 11.0. The molecule has 1 heterocycles. The summed E-state index contributed by atoms with van der Waals surface area (Å²) in [5, 5.41) is 0.910. The number of hydrogen-bond acceptors (Lipinski definition) is 4. The van der Waals surface area contributed by atoms with E-state index >= 15 is 0 Å². The minimum absolute atomic E-state index is 0.0192. The topological polar surface area (TPSA) is 53.8 Å². The van der Waals surface area contributed by atoms with Gasteiger partial charge in [0.25, 0.3) is 0 Å². The molecule has 5 heteroatoms. The van der Waals surface area contributed by atoms with E-state index in [9.17, 15) is 9.59 Å². The highest BCUT2D eigenvalue weighted by atomic mass is 16.3. The highest BCUT2D eigenvalue weighted by molar-refractivity contribution is 5.99. The van der Waals surface area contributed by atoms with Gasteiger partial charge in [0.15, 0.2) is 5.76 Å². The number of Topliss-reactive ketones (excluding diaryl/α,β-unsaturated/α-hetero) is 1. The zero-order chi connectivity index (χ0) is 15.4. The third kappa shape index (κ3) is 3.70. The molecule has 112 valence electrons. The van der Waals surface area contributed by atoms with Gasteiger partial charge in [-0.25, -0.2) is 0 Å².